The van der Waals surface area contributed by atoms with E-state index in [0.29, 0.717) is 12.6 Å². The Balaban J connectivity index is 2.49. The minimum atomic E-state index is 0.0533. The maximum atomic E-state index is 12.4. The van der Waals surface area contributed by atoms with Crippen molar-refractivity contribution in [3.05, 3.63) is 35.2 Å². The molecule has 0 saturated carbocycles. The van der Waals surface area contributed by atoms with Crippen molar-refractivity contribution in [1.82, 2.24) is 10.2 Å². The van der Waals surface area contributed by atoms with Crippen molar-refractivity contribution >= 4 is 14.5 Å². The molecule has 4 heteroatoms. The molecule has 1 amide bonds. The van der Waals surface area contributed by atoms with Crippen LogP contribution in [0.2, 0.25) is 0 Å². The zero-order valence-corrected chi connectivity index (χ0v) is 16.4. The van der Waals surface area contributed by atoms with Crippen LogP contribution in [0.5, 0.6) is 0 Å². The molecule has 3 nitrogen and oxygen atoms in total. The number of hydrogen-bond donors (Lipinski definition) is 1. The van der Waals surface area contributed by atoms with Gasteiger partial charge in [0.15, 0.2) is 0 Å². The Labute approximate surface area is 144 Å². The Morgan fingerprint density at radius 3 is 2.65 bits per heavy atom. The number of nitrogens with zero attached hydrogens (tertiary/aromatic N) is 1. The van der Waals surface area contributed by atoms with Crippen LogP contribution >= 0.6 is 8.58 Å². The minimum absolute atomic E-state index is 0.0533. The van der Waals surface area contributed by atoms with Crippen LogP contribution in [0.1, 0.15) is 46.5 Å². The predicted molar refractivity (Wildman–Crippen MR) is 103 cm³/mol. The van der Waals surface area contributed by atoms with Gasteiger partial charge in [-0.1, -0.05) is 45.1 Å². The number of likely N-dealkylation sites (tertiary alicyclic amines) is 1. The second-order valence-electron chi connectivity index (χ2n) is 6.20. The second-order valence-corrected chi connectivity index (χ2v) is 7.49. The number of nitrogens with one attached hydrogen (secondary N) is 1. The summed E-state index contributed by atoms with van der Waals surface area (Å²) in [5.41, 5.74) is 1.26. The van der Waals surface area contributed by atoms with E-state index in [-0.39, 0.29) is 11.9 Å². The van der Waals surface area contributed by atoms with E-state index < -0.39 is 0 Å². The van der Waals surface area contributed by atoms with Gasteiger partial charge in [0, 0.05) is 12.6 Å². The Morgan fingerprint density at radius 1 is 1.35 bits per heavy atom. The number of allylic oxidation sites excluding steroid dienone is 5. The zero-order chi connectivity index (χ0) is 17.2. The highest BCUT2D eigenvalue weighted by atomic mass is 31.1. The van der Waals surface area contributed by atoms with Crippen LogP contribution in [0.3, 0.4) is 0 Å². The first-order valence-corrected chi connectivity index (χ1v) is 10.2. The van der Waals surface area contributed by atoms with E-state index >= 15 is 0 Å². The molecule has 0 aromatic rings. The van der Waals surface area contributed by atoms with E-state index in [9.17, 15) is 4.79 Å². The lowest BCUT2D eigenvalue weighted by Crippen LogP contribution is -2.44. The summed E-state index contributed by atoms with van der Waals surface area (Å²) in [4.78, 5) is 14.6. The zero-order valence-electron chi connectivity index (χ0n) is 15.4. The van der Waals surface area contributed by atoms with Gasteiger partial charge in [-0.25, -0.2) is 0 Å². The van der Waals surface area contributed by atoms with Gasteiger partial charge < -0.3 is 5.32 Å². The maximum absolute atomic E-state index is 12.4. The average Bonchev–Trinajstić information content (AvgIpc) is 2.92. The SMILES string of the molecule is C\C=C/C(=C\C=C(/C)PC)CCNC(=O)C1CCC(CC)N1C. The third-order valence-corrected chi connectivity index (χ3v) is 5.61. The van der Waals surface area contributed by atoms with Crippen molar-refractivity contribution in [3.8, 4) is 0 Å². The maximum Gasteiger partial charge on any atom is 0.237 e. The highest BCUT2D eigenvalue weighted by Crippen LogP contribution is 2.24. The average molecular weight is 336 g/mol. The van der Waals surface area contributed by atoms with Gasteiger partial charge >= 0.3 is 0 Å². The summed E-state index contributed by atoms with van der Waals surface area (Å²) in [6.07, 6.45) is 12.7. The fourth-order valence-corrected chi connectivity index (χ4v) is 3.27. The van der Waals surface area contributed by atoms with Crippen molar-refractivity contribution in [2.24, 2.45) is 0 Å². The fourth-order valence-electron chi connectivity index (χ4n) is 3.02. The first kappa shape index (κ1) is 20.1. The molecule has 0 aliphatic carbocycles. The molecule has 1 aliphatic heterocycles. The van der Waals surface area contributed by atoms with E-state index in [0.717, 1.165) is 34.3 Å². The van der Waals surface area contributed by atoms with Gasteiger partial charge in [-0.3, -0.25) is 9.69 Å². The largest absolute Gasteiger partial charge is 0.354 e. The second kappa shape index (κ2) is 10.8. The van der Waals surface area contributed by atoms with Crippen molar-refractivity contribution in [1.29, 1.82) is 0 Å². The summed E-state index contributed by atoms with van der Waals surface area (Å²) in [6, 6.07) is 0.616. The van der Waals surface area contributed by atoms with Crippen molar-refractivity contribution < 1.29 is 4.79 Å². The molecule has 23 heavy (non-hydrogen) atoms. The smallest absolute Gasteiger partial charge is 0.237 e. The lowest BCUT2D eigenvalue weighted by molar-refractivity contribution is -0.125. The molecule has 1 saturated heterocycles. The van der Waals surface area contributed by atoms with Crippen LogP contribution in [0.4, 0.5) is 0 Å². The molecule has 0 bridgehead atoms. The van der Waals surface area contributed by atoms with Crippen molar-refractivity contribution in [2.75, 3.05) is 20.3 Å². The van der Waals surface area contributed by atoms with Gasteiger partial charge in [0.2, 0.25) is 5.91 Å². The van der Waals surface area contributed by atoms with Gasteiger partial charge in [0.25, 0.3) is 0 Å². The molecule has 3 unspecified atom stereocenters. The molecule has 1 fully saturated rings. The summed E-state index contributed by atoms with van der Waals surface area (Å²) >= 11 is 0. The fraction of sp³-hybridized carbons (Fsp3) is 0.632. The topological polar surface area (TPSA) is 32.3 Å². The van der Waals surface area contributed by atoms with Crippen LogP contribution in [0.15, 0.2) is 35.2 Å². The number of rotatable bonds is 8. The summed E-state index contributed by atoms with van der Waals surface area (Å²) in [6.45, 7) is 9.28. The normalized spacial score (nSPS) is 24.2. The minimum Gasteiger partial charge on any atom is -0.354 e. The molecule has 1 rings (SSSR count). The number of likely N-dealkylation sites (N-methyl/N-ethyl adjacent to an activating group) is 1. The monoisotopic (exact) mass is 336 g/mol. The van der Waals surface area contributed by atoms with Gasteiger partial charge in [0.1, 0.15) is 0 Å². The van der Waals surface area contributed by atoms with Crippen LogP contribution in [-0.2, 0) is 4.79 Å². The molecular formula is C19H33N2OP. The van der Waals surface area contributed by atoms with E-state index in [1.807, 2.05) is 6.92 Å². The van der Waals surface area contributed by atoms with E-state index in [4.69, 9.17) is 0 Å². The Kier molecular flexibility index (Phi) is 9.43. The van der Waals surface area contributed by atoms with Gasteiger partial charge in [-0.05, 0) is 58.8 Å². The summed E-state index contributed by atoms with van der Waals surface area (Å²) in [5.74, 6) is 0.185. The van der Waals surface area contributed by atoms with Gasteiger partial charge in [-0.2, -0.15) is 0 Å². The molecule has 1 heterocycles. The van der Waals surface area contributed by atoms with E-state index in [1.54, 1.807) is 0 Å². The quantitative estimate of drug-likeness (QED) is 0.535. The number of carbonyl (C=O) groups is 1. The third-order valence-electron chi connectivity index (χ3n) is 4.65. The summed E-state index contributed by atoms with van der Waals surface area (Å²) < 4.78 is 0. The van der Waals surface area contributed by atoms with E-state index in [1.165, 1.54) is 10.9 Å². The molecule has 0 aromatic heterocycles. The Morgan fingerprint density at radius 2 is 2.09 bits per heavy atom. The standard InChI is InChI=1S/C19H33N2OP/c1-6-8-16(10-9-15(3)23-5)13-14-20-19(22)18-12-11-17(7-2)21(18)4/h6,8-10,17-18,23H,7,11-14H2,1-5H3,(H,20,22)/b8-6-,15-9+,16-10+. The molecule has 3 atom stereocenters. The molecule has 1 aliphatic rings. The van der Waals surface area contributed by atoms with Gasteiger partial charge in [0.05, 0.1) is 6.04 Å². The van der Waals surface area contributed by atoms with Crippen LogP contribution in [0.25, 0.3) is 0 Å². The molecular weight excluding hydrogens is 303 g/mol. The first-order chi connectivity index (χ1) is 11.0. The Bertz CT molecular complexity index is 468. The molecule has 1 N–H and O–H groups in total. The van der Waals surface area contributed by atoms with Crippen LogP contribution < -0.4 is 5.32 Å². The lowest BCUT2D eigenvalue weighted by Gasteiger charge is -2.24. The number of hydrogen-bond acceptors (Lipinski definition) is 2. The van der Waals surface area contributed by atoms with Crippen molar-refractivity contribution in [3.63, 3.8) is 0 Å². The first-order valence-electron chi connectivity index (χ1n) is 8.71. The Hall–Kier alpha value is -0.920. The predicted octanol–water partition coefficient (Wildman–Crippen LogP) is 4.08. The number of amides is 1. The molecule has 0 radical (unpaired) electrons. The van der Waals surface area contributed by atoms with Gasteiger partial charge in [-0.15, -0.1) is 0 Å². The van der Waals surface area contributed by atoms with Crippen LogP contribution in [0, 0.1) is 0 Å². The highest BCUT2D eigenvalue weighted by Gasteiger charge is 2.33. The molecule has 0 aromatic carbocycles. The molecule has 0 spiro atoms. The molecule has 130 valence electrons. The number of carbonyl (C=O) groups excluding carboxylic acids is 1. The lowest BCUT2D eigenvalue weighted by atomic mass is 10.1. The summed E-state index contributed by atoms with van der Waals surface area (Å²) in [5, 5.41) is 4.51. The third kappa shape index (κ3) is 6.61. The van der Waals surface area contributed by atoms with E-state index in [2.05, 4.69) is 62.1 Å². The van der Waals surface area contributed by atoms with Crippen molar-refractivity contribution in [2.45, 2.75) is 58.5 Å². The highest BCUT2D eigenvalue weighted by molar-refractivity contribution is 7.42. The summed E-state index contributed by atoms with van der Waals surface area (Å²) in [7, 11) is 2.93. The van der Waals surface area contributed by atoms with Crippen LogP contribution in [-0.4, -0.2) is 43.1 Å².